The van der Waals surface area contributed by atoms with Crippen LogP contribution in [0.15, 0.2) is 29.2 Å². The molecule has 1 fully saturated rings. The monoisotopic (exact) mass is 354 g/mol. The van der Waals surface area contributed by atoms with Crippen molar-refractivity contribution >= 4 is 16.1 Å². The molecule has 2 rings (SSSR count). The third kappa shape index (κ3) is 4.26. The second-order valence-electron chi connectivity index (χ2n) is 4.69. The lowest BCUT2D eigenvalue weighted by atomic mass is 10.3. The number of carboxylic acid groups (broad SMARTS) is 1. The molecule has 1 heterocycles. The van der Waals surface area contributed by atoms with Crippen LogP contribution in [-0.4, -0.2) is 61.4 Å². The molecule has 0 atom stereocenters. The number of rotatable bonds is 3. The zero-order valence-corrected chi connectivity index (χ0v) is 12.5. The van der Waals surface area contributed by atoms with Crippen molar-refractivity contribution in [1.82, 2.24) is 9.21 Å². The van der Waals surface area contributed by atoms with E-state index in [1.165, 1.54) is 0 Å². The van der Waals surface area contributed by atoms with Gasteiger partial charge in [0.2, 0.25) is 10.0 Å². The van der Waals surface area contributed by atoms with Gasteiger partial charge in [0.1, 0.15) is 5.75 Å². The molecule has 1 saturated heterocycles. The van der Waals surface area contributed by atoms with Gasteiger partial charge in [-0.2, -0.15) is 4.31 Å². The molecule has 11 heteroatoms. The van der Waals surface area contributed by atoms with E-state index in [2.05, 4.69) is 4.74 Å². The summed E-state index contributed by atoms with van der Waals surface area (Å²) in [5.41, 5.74) is 0. The number of hydrogen-bond donors (Lipinski definition) is 1. The van der Waals surface area contributed by atoms with Gasteiger partial charge in [0.15, 0.2) is 0 Å². The van der Waals surface area contributed by atoms with Crippen LogP contribution in [0.4, 0.5) is 18.0 Å². The highest BCUT2D eigenvalue weighted by Gasteiger charge is 2.32. The smallest absolute Gasteiger partial charge is 0.465 e. The average molecular weight is 354 g/mol. The number of benzene rings is 1. The Labute approximate surface area is 129 Å². The van der Waals surface area contributed by atoms with Gasteiger partial charge in [0, 0.05) is 26.2 Å². The molecule has 0 bridgehead atoms. The lowest BCUT2D eigenvalue weighted by molar-refractivity contribution is -0.274. The van der Waals surface area contributed by atoms with E-state index in [4.69, 9.17) is 5.11 Å². The molecule has 1 aromatic carbocycles. The Morgan fingerprint density at radius 3 is 2.04 bits per heavy atom. The zero-order chi connectivity index (χ0) is 17.3. The Hall–Kier alpha value is -2.01. The van der Waals surface area contributed by atoms with Crippen LogP contribution in [0.1, 0.15) is 0 Å². The summed E-state index contributed by atoms with van der Waals surface area (Å²) in [6.07, 6.45) is -5.98. The number of ether oxygens (including phenoxy) is 1. The number of carbonyl (C=O) groups is 1. The molecule has 0 spiro atoms. The summed E-state index contributed by atoms with van der Waals surface area (Å²) in [5.74, 6) is -0.521. The molecule has 1 aromatic rings. The Morgan fingerprint density at radius 1 is 1.09 bits per heavy atom. The van der Waals surface area contributed by atoms with Gasteiger partial charge < -0.3 is 14.7 Å². The quantitative estimate of drug-likeness (QED) is 0.890. The number of hydrogen-bond acceptors (Lipinski definition) is 4. The van der Waals surface area contributed by atoms with Crippen LogP contribution in [0.25, 0.3) is 0 Å². The van der Waals surface area contributed by atoms with E-state index < -0.39 is 28.2 Å². The number of sulfonamides is 1. The maximum Gasteiger partial charge on any atom is 0.573 e. The Morgan fingerprint density at radius 2 is 1.61 bits per heavy atom. The Bertz CT molecular complexity index is 667. The van der Waals surface area contributed by atoms with Crippen LogP contribution >= 0.6 is 0 Å². The molecule has 0 saturated carbocycles. The third-order valence-electron chi connectivity index (χ3n) is 3.20. The number of amides is 1. The lowest BCUT2D eigenvalue weighted by Crippen LogP contribution is -2.50. The van der Waals surface area contributed by atoms with Crippen LogP contribution in [0.2, 0.25) is 0 Å². The van der Waals surface area contributed by atoms with Gasteiger partial charge in [-0.25, -0.2) is 13.2 Å². The molecule has 23 heavy (non-hydrogen) atoms. The second-order valence-corrected chi connectivity index (χ2v) is 6.63. The van der Waals surface area contributed by atoms with E-state index in [1.807, 2.05) is 0 Å². The number of nitrogens with zero attached hydrogens (tertiary/aromatic N) is 2. The minimum absolute atomic E-state index is 0.0184. The summed E-state index contributed by atoms with van der Waals surface area (Å²) >= 11 is 0. The first kappa shape index (κ1) is 17.3. The molecular weight excluding hydrogens is 341 g/mol. The molecule has 128 valence electrons. The third-order valence-corrected chi connectivity index (χ3v) is 5.12. The molecule has 0 aliphatic carbocycles. The predicted molar refractivity (Wildman–Crippen MR) is 71.5 cm³/mol. The van der Waals surface area contributed by atoms with E-state index in [0.717, 1.165) is 33.5 Å². The molecule has 0 aromatic heterocycles. The molecule has 7 nitrogen and oxygen atoms in total. The van der Waals surface area contributed by atoms with Crippen LogP contribution < -0.4 is 4.74 Å². The number of halogens is 3. The van der Waals surface area contributed by atoms with Crippen molar-refractivity contribution in [2.45, 2.75) is 11.3 Å². The van der Waals surface area contributed by atoms with E-state index >= 15 is 0 Å². The van der Waals surface area contributed by atoms with Gasteiger partial charge in [0.05, 0.1) is 4.90 Å². The van der Waals surface area contributed by atoms with E-state index in [9.17, 15) is 26.4 Å². The first-order valence-corrected chi connectivity index (χ1v) is 7.87. The number of alkyl halides is 3. The van der Waals surface area contributed by atoms with Crippen molar-refractivity contribution in [3.05, 3.63) is 24.3 Å². The standard InChI is InChI=1S/C12H13F3N2O5S/c13-12(14,15)22-9-1-3-10(4-2-9)23(20,21)17-7-5-16(6-8-17)11(18)19/h1-4H,5-8H2,(H,18,19). The molecule has 1 aliphatic rings. The van der Waals surface area contributed by atoms with Crippen molar-refractivity contribution < 1.29 is 36.2 Å². The van der Waals surface area contributed by atoms with E-state index in [1.54, 1.807) is 0 Å². The first-order valence-electron chi connectivity index (χ1n) is 6.43. The fourth-order valence-electron chi connectivity index (χ4n) is 2.08. The first-order chi connectivity index (χ1) is 10.6. The summed E-state index contributed by atoms with van der Waals surface area (Å²) in [6.45, 7) is 0.0263. The minimum atomic E-state index is -4.85. The van der Waals surface area contributed by atoms with Crippen LogP contribution in [0, 0.1) is 0 Å². The van der Waals surface area contributed by atoms with Gasteiger partial charge in [0.25, 0.3) is 0 Å². The van der Waals surface area contributed by atoms with Gasteiger partial charge in [-0.1, -0.05) is 0 Å². The van der Waals surface area contributed by atoms with Gasteiger partial charge >= 0.3 is 12.5 Å². The maximum absolute atomic E-state index is 12.4. The fourth-order valence-corrected chi connectivity index (χ4v) is 3.50. The Balaban J connectivity index is 2.10. The summed E-state index contributed by atoms with van der Waals surface area (Å²) < 4.78 is 65.7. The molecule has 0 unspecified atom stereocenters. The van der Waals surface area contributed by atoms with Gasteiger partial charge in [-0.3, -0.25) is 0 Å². The second kappa shape index (κ2) is 6.24. The highest BCUT2D eigenvalue weighted by molar-refractivity contribution is 7.89. The molecule has 0 radical (unpaired) electrons. The minimum Gasteiger partial charge on any atom is -0.465 e. The highest BCUT2D eigenvalue weighted by atomic mass is 32.2. The molecule has 1 aliphatic heterocycles. The topological polar surface area (TPSA) is 87.2 Å². The van der Waals surface area contributed by atoms with Gasteiger partial charge in [-0.05, 0) is 24.3 Å². The summed E-state index contributed by atoms with van der Waals surface area (Å²) in [5, 5.41) is 8.82. The summed E-state index contributed by atoms with van der Waals surface area (Å²) in [4.78, 5) is 11.7. The predicted octanol–water partition coefficient (Wildman–Crippen LogP) is 1.57. The van der Waals surface area contributed by atoms with Crippen molar-refractivity contribution in [2.75, 3.05) is 26.2 Å². The van der Waals surface area contributed by atoms with Crippen molar-refractivity contribution in [1.29, 1.82) is 0 Å². The normalized spacial score (nSPS) is 17.1. The molecular formula is C12H13F3N2O5S. The SMILES string of the molecule is O=C(O)N1CCN(S(=O)(=O)c2ccc(OC(F)(F)F)cc2)CC1. The van der Waals surface area contributed by atoms with Crippen molar-refractivity contribution in [3.63, 3.8) is 0 Å². The van der Waals surface area contributed by atoms with Crippen LogP contribution in [0.3, 0.4) is 0 Å². The summed E-state index contributed by atoms with van der Waals surface area (Å²) in [7, 11) is -3.89. The van der Waals surface area contributed by atoms with E-state index in [-0.39, 0.29) is 31.1 Å². The lowest BCUT2D eigenvalue weighted by Gasteiger charge is -2.32. The van der Waals surface area contributed by atoms with Crippen LogP contribution in [-0.2, 0) is 10.0 Å². The average Bonchev–Trinajstić information content (AvgIpc) is 2.46. The molecule has 1 N–H and O–H groups in total. The van der Waals surface area contributed by atoms with Crippen molar-refractivity contribution in [3.8, 4) is 5.75 Å². The number of piperazine rings is 1. The van der Waals surface area contributed by atoms with E-state index in [0.29, 0.717) is 0 Å². The fraction of sp³-hybridized carbons (Fsp3) is 0.417. The van der Waals surface area contributed by atoms with Crippen molar-refractivity contribution in [2.24, 2.45) is 0 Å². The molecule has 1 amide bonds. The Kier molecular flexibility index (Phi) is 4.71. The summed E-state index contributed by atoms with van der Waals surface area (Å²) in [6, 6.07) is 3.85. The zero-order valence-electron chi connectivity index (χ0n) is 11.7. The highest BCUT2D eigenvalue weighted by Crippen LogP contribution is 2.25. The maximum atomic E-state index is 12.4. The van der Waals surface area contributed by atoms with Crippen LogP contribution in [0.5, 0.6) is 5.75 Å². The van der Waals surface area contributed by atoms with Gasteiger partial charge in [-0.15, -0.1) is 13.2 Å². The largest absolute Gasteiger partial charge is 0.573 e.